The molecular weight excluding hydrogens is 318 g/mol. The van der Waals surface area contributed by atoms with Crippen molar-refractivity contribution in [3.8, 4) is 5.88 Å². The second-order valence-electron chi connectivity index (χ2n) is 5.88. The third-order valence-electron chi connectivity index (χ3n) is 4.26. The number of nitrogens with zero attached hydrogens (tertiary/aromatic N) is 4. The van der Waals surface area contributed by atoms with Crippen molar-refractivity contribution < 1.29 is 9.53 Å². The molecule has 4 rings (SSSR count). The number of carbonyl (C=O) groups excluding carboxylic acids is 1. The molecule has 1 amide bonds. The Hall–Kier alpha value is -3.22. The van der Waals surface area contributed by atoms with E-state index in [-0.39, 0.29) is 11.8 Å². The maximum absolute atomic E-state index is 12.2. The molecule has 0 radical (unpaired) electrons. The first-order chi connectivity index (χ1) is 12.2. The molecule has 3 aromatic rings. The van der Waals surface area contributed by atoms with Crippen LogP contribution in [-0.2, 0) is 11.3 Å². The van der Waals surface area contributed by atoms with Gasteiger partial charge in [-0.15, -0.1) is 0 Å². The van der Waals surface area contributed by atoms with Crippen LogP contribution in [0.1, 0.15) is 29.2 Å². The van der Waals surface area contributed by atoms with Gasteiger partial charge in [-0.25, -0.2) is 9.67 Å². The van der Waals surface area contributed by atoms with Gasteiger partial charge in [0.2, 0.25) is 11.8 Å². The number of aromatic nitrogens is 4. The van der Waals surface area contributed by atoms with Crippen molar-refractivity contribution in [1.29, 1.82) is 0 Å². The number of rotatable bonds is 4. The highest BCUT2D eigenvalue weighted by Gasteiger charge is 2.31. The summed E-state index contributed by atoms with van der Waals surface area (Å²) in [5.41, 5.74) is 2.78. The number of ether oxygens (including phenoxy) is 1. The molecule has 1 N–H and O–H groups in total. The lowest BCUT2D eigenvalue weighted by atomic mass is 9.91. The Morgan fingerprint density at radius 1 is 1.28 bits per heavy atom. The number of carbonyl (C=O) groups is 1. The normalized spacial score (nSPS) is 16.2. The van der Waals surface area contributed by atoms with Crippen molar-refractivity contribution in [3.05, 3.63) is 65.7 Å². The number of hydrogen-bond donors (Lipinski definition) is 1. The van der Waals surface area contributed by atoms with Gasteiger partial charge in [-0.2, -0.15) is 5.10 Å². The van der Waals surface area contributed by atoms with Crippen LogP contribution >= 0.6 is 0 Å². The standard InChI is InChI=1S/C18H17N5O2/c1-25-17-6-2-5-15(21-17)13-8-16(24)22-18-14(13)10-20-23(18)11-12-4-3-7-19-9-12/h2-7,9-10,13H,8,11H2,1H3,(H,22,24). The largest absolute Gasteiger partial charge is 0.481 e. The third-order valence-corrected chi connectivity index (χ3v) is 4.26. The second kappa shape index (κ2) is 6.35. The maximum atomic E-state index is 12.2. The van der Waals surface area contributed by atoms with E-state index in [0.717, 1.165) is 22.6 Å². The molecule has 7 nitrogen and oxygen atoms in total. The van der Waals surface area contributed by atoms with Crippen molar-refractivity contribution in [3.63, 3.8) is 0 Å². The molecular formula is C18H17N5O2. The van der Waals surface area contributed by atoms with Crippen molar-refractivity contribution in [2.24, 2.45) is 0 Å². The fourth-order valence-corrected chi connectivity index (χ4v) is 3.06. The van der Waals surface area contributed by atoms with Gasteiger partial charge in [-0.1, -0.05) is 12.1 Å². The van der Waals surface area contributed by atoms with E-state index in [0.29, 0.717) is 18.8 Å². The van der Waals surface area contributed by atoms with Crippen LogP contribution in [0.3, 0.4) is 0 Å². The lowest BCUT2D eigenvalue weighted by molar-refractivity contribution is -0.116. The van der Waals surface area contributed by atoms with Crippen LogP contribution in [-0.4, -0.2) is 32.8 Å². The number of amides is 1. The SMILES string of the molecule is COc1cccc(C2CC(=O)Nc3c2cnn3Cc2cccnc2)n1. The van der Waals surface area contributed by atoms with Gasteiger partial charge in [0.1, 0.15) is 5.82 Å². The van der Waals surface area contributed by atoms with Crippen LogP contribution in [0.15, 0.2) is 48.9 Å². The van der Waals surface area contributed by atoms with Gasteiger partial charge in [0.25, 0.3) is 0 Å². The van der Waals surface area contributed by atoms with E-state index in [1.54, 1.807) is 36.4 Å². The third kappa shape index (κ3) is 2.96. The number of fused-ring (bicyclic) bond motifs is 1. The summed E-state index contributed by atoms with van der Waals surface area (Å²) in [5.74, 6) is 1.07. The number of pyridine rings is 2. The summed E-state index contributed by atoms with van der Waals surface area (Å²) in [6.07, 6.45) is 5.66. The molecule has 0 aromatic carbocycles. The smallest absolute Gasteiger partial charge is 0.226 e. The van der Waals surface area contributed by atoms with Gasteiger partial charge in [-0.05, 0) is 17.7 Å². The first-order valence-corrected chi connectivity index (χ1v) is 8.00. The van der Waals surface area contributed by atoms with Crippen LogP contribution in [0.5, 0.6) is 5.88 Å². The molecule has 0 bridgehead atoms. The molecule has 0 saturated heterocycles. The molecule has 25 heavy (non-hydrogen) atoms. The molecule has 126 valence electrons. The van der Waals surface area contributed by atoms with Crippen molar-refractivity contribution in [2.75, 3.05) is 12.4 Å². The molecule has 1 atom stereocenters. The lowest BCUT2D eigenvalue weighted by Gasteiger charge is -2.23. The molecule has 7 heteroatoms. The summed E-state index contributed by atoms with van der Waals surface area (Å²) in [6.45, 7) is 0.543. The first-order valence-electron chi connectivity index (χ1n) is 8.00. The summed E-state index contributed by atoms with van der Waals surface area (Å²) < 4.78 is 6.99. The molecule has 0 saturated carbocycles. The Morgan fingerprint density at radius 3 is 3.00 bits per heavy atom. The molecule has 0 fully saturated rings. The minimum atomic E-state index is -0.138. The lowest BCUT2D eigenvalue weighted by Crippen LogP contribution is -2.25. The minimum Gasteiger partial charge on any atom is -0.481 e. The van der Waals surface area contributed by atoms with E-state index in [1.165, 1.54) is 0 Å². The Labute approximate surface area is 144 Å². The molecule has 3 aromatic heterocycles. The number of nitrogens with one attached hydrogen (secondary N) is 1. The van der Waals surface area contributed by atoms with Crippen LogP contribution in [0.2, 0.25) is 0 Å². The van der Waals surface area contributed by atoms with Gasteiger partial charge in [0, 0.05) is 36.4 Å². The average Bonchev–Trinajstić information content (AvgIpc) is 3.04. The van der Waals surface area contributed by atoms with E-state index in [4.69, 9.17) is 4.74 Å². The molecule has 0 spiro atoms. The quantitative estimate of drug-likeness (QED) is 0.790. The van der Waals surface area contributed by atoms with E-state index in [1.807, 2.05) is 24.3 Å². The number of methoxy groups -OCH3 is 1. The topological polar surface area (TPSA) is 81.9 Å². The highest BCUT2D eigenvalue weighted by Crippen LogP contribution is 2.36. The van der Waals surface area contributed by atoms with Crippen LogP contribution in [0.25, 0.3) is 0 Å². The molecule has 1 aliphatic heterocycles. The molecule has 1 aliphatic rings. The maximum Gasteiger partial charge on any atom is 0.226 e. The minimum absolute atomic E-state index is 0.0462. The van der Waals surface area contributed by atoms with Gasteiger partial charge in [0.15, 0.2) is 0 Å². The summed E-state index contributed by atoms with van der Waals surface area (Å²) in [6, 6.07) is 9.44. The zero-order valence-corrected chi connectivity index (χ0v) is 13.7. The number of anilines is 1. The van der Waals surface area contributed by atoms with Crippen LogP contribution in [0, 0.1) is 0 Å². The highest BCUT2D eigenvalue weighted by atomic mass is 16.5. The Kier molecular flexibility index (Phi) is 3.89. The van der Waals surface area contributed by atoms with E-state index >= 15 is 0 Å². The highest BCUT2D eigenvalue weighted by molar-refractivity contribution is 5.94. The summed E-state index contributed by atoms with van der Waals surface area (Å²) in [4.78, 5) is 20.9. The zero-order chi connectivity index (χ0) is 17.2. The molecule has 1 unspecified atom stereocenters. The Bertz CT molecular complexity index is 907. The van der Waals surface area contributed by atoms with Gasteiger partial charge >= 0.3 is 0 Å². The monoisotopic (exact) mass is 335 g/mol. The molecule has 0 aliphatic carbocycles. The van der Waals surface area contributed by atoms with Gasteiger partial charge in [0.05, 0.1) is 25.5 Å². The van der Waals surface area contributed by atoms with Crippen molar-refractivity contribution >= 4 is 11.7 Å². The summed E-state index contributed by atoms with van der Waals surface area (Å²) in [5, 5.41) is 7.40. The van der Waals surface area contributed by atoms with Gasteiger partial charge < -0.3 is 10.1 Å². The fraction of sp³-hybridized carbons (Fsp3) is 0.222. The van der Waals surface area contributed by atoms with E-state index < -0.39 is 0 Å². The van der Waals surface area contributed by atoms with Crippen molar-refractivity contribution in [1.82, 2.24) is 19.7 Å². The predicted molar refractivity (Wildman–Crippen MR) is 91.4 cm³/mol. The Morgan fingerprint density at radius 2 is 2.20 bits per heavy atom. The predicted octanol–water partition coefficient (Wildman–Crippen LogP) is 2.20. The van der Waals surface area contributed by atoms with Gasteiger partial charge in [-0.3, -0.25) is 9.78 Å². The Balaban J connectivity index is 1.71. The number of hydrogen-bond acceptors (Lipinski definition) is 5. The summed E-state index contributed by atoms with van der Waals surface area (Å²) in [7, 11) is 1.58. The first kappa shape index (κ1) is 15.3. The van der Waals surface area contributed by atoms with Crippen molar-refractivity contribution in [2.45, 2.75) is 18.9 Å². The molecule has 4 heterocycles. The van der Waals surface area contributed by atoms with E-state index in [9.17, 15) is 4.79 Å². The summed E-state index contributed by atoms with van der Waals surface area (Å²) >= 11 is 0. The average molecular weight is 335 g/mol. The second-order valence-corrected chi connectivity index (χ2v) is 5.88. The van der Waals surface area contributed by atoms with Crippen LogP contribution < -0.4 is 10.1 Å². The fourth-order valence-electron chi connectivity index (χ4n) is 3.06. The zero-order valence-electron chi connectivity index (χ0n) is 13.7. The van der Waals surface area contributed by atoms with E-state index in [2.05, 4.69) is 20.4 Å². The van der Waals surface area contributed by atoms with Crippen LogP contribution in [0.4, 0.5) is 5.82 Å².